The first-order chi connectivity index (χ1) is 18.5. The number of benzene rings is 3. The predicted octanol–water partition coefficient (Wildman–Crippen LogP) is 5.84. The molecule has 1 fully saturated rings. The Morgan fingerprint density at radius 2 is 1.63 bits per heavy atom. The number of piperidine rings is 1. The van der Waals surface area contributed by atoms with E-state index in [0.29, 0.717) is 28.4 Å². The summed E-state index contributed by atoms with van der Waals surface area (Å²) < 4.78 is 0. The number of anilines is 1. The third-order valence-corrected chi connectivity index (χ3v) is 7.47. The summed E-state index contributed by atoms with van der Waals surface area (Å²) in [5.41, 5.74) is 4.66. The molecule has 0 N–H and O–H groups in total. The van der Waals surface area contributed by atoms with Gasteiger partial charge in [-0.2, -0.15) is 0 Å². The second kappa shape index (κ2) is 9.71. The fourth-order valence-corrected chi connectivity index (χ4v) is 5.52. The number of likely N-dealkylation sites (tertiary alicyclic amines) is 1. The molecule has 0 bridgehead atoms. The number of Topliss-reactive ketones (excluding diaryl/α,β-unsaturated/α-hetero) is 1. The normalized spacial score (nSPS) is 16.8. The van der Waals surface area contributed by atoms with Crippen LogP contribution in [0.3, 0.4) is 0 Å². The van der Waals surface area contributed by atoms with E-state index in [2.05, 4.69) is 24.3 Å². The monoisotopic (exact) mass is 501 g/mol. The summed E-state index contributed by atoms with van der Waals surface area (Å²) in [6.45, 7) is 2.92. The molecule has 2 aliphatic rings. The zero-order valence-corrected chi connectivity index (χ0v) is 21.1. The van der Waals surface area contributed by atoms with Crippen LogP contribution in [0.5, 0.6) is 0 Å². The Hall–Kier alpha value is -4.58. The minimum atomic E-state index is -0.230. The van der Waals surface area contributed by atoms with Crippen molar-refractivity contribution in [2.75, 3.05) is 18.0 Å². The number of nitrogens with zero attached hydrogens (tertiary/aromatic N) is 3. The lowest BCUT2D eigenvalue weighted by Crippen LogP contribution is -2.37. The topological polar surface area (TPSA) is 70.6 Å². The Morgan fingerprint density at radius 1 is 0.895 bits per heavy atom. The highest BCUT2D eigenvalue weighted by Gasteiger charge is 2.34. The van der Waals surface area contributed by atoms with Crippen molar-refractivity contribution < 1.29 is 14.4 Å². The maximum Gasteiger partial charge on any atom is 0.253 e. The zero-order chi connectivity index (χ0) is 26.2. The molecule has 4 aromatic rings. The zero-order valence-electron chi connectivity index (χ0n) is 21.1. The van der Waals surface area contributed by atoms with Crippen molar-refractivity contribution in [1.29, 1.82) is 0 Å². The predicted molar refractivity (Wildman–Crippen MR) is 148 cm³/mol. The number of hydrogen-bond acceptors (Lipinski definition) is 4. The highest BCUT2D eigenvalue weighted by atomic mass is 16.2. The van der Waals surface area contributed by atoms with Gasteiger partial charge in [0.2, 0.25) is 11.7 Å². The summed E-state index contributed by atoms with van der Waals surface area (Å²) in [5.74, 6) is 0.101. The van der Waals surface area contributed by atoms with Crippen LogP contribution < -0.4 is 4.90 Å². The molecule has 6 heteroatoms. The second-order valence-electron chi connectivity index (χ2n) is 9.85. The summed E-state index contributed by atoms with van der Waals surface area (Å²) in [7, 11) is 0. The lowest BCUT2D eigenvalue weighted by atomic mass is 9.89. The van der Waals surface area contributed by atoms with Crippen molar-refractivity contribution in [3.05, 3.63) is 113 Å². The summed E-state index contributed by atoms with van der Waals surface area (Å²) in [6.07, 6.45) is 3.57. The van der Waals surface area contributed by atoms with E-state index in [9.17, 15) is 14.4 Å². The van der Waals surface area contributed by atoms with E-state index in [-0.39, 0.29) is 23.3 Å². The van der Waals surface area contributed by atoms with Crippen LogP contribution in [0.1, 0.15) is 57.7 Å². The van der Waals surface area contributed by atoms with Gasteiger partial charge >= 0.3 is 0 Å². The van der Waals surface area contributed by atoms with E-state index < -0.39 is 0 Å². The minimum absolute atomic E-state index is 0.0380. The lowest BCUT2D eigenvalue weighted by Gasteiger charge is -2.32. The molecule has 0 atom stereocenters. The fraction of sp³-hybridized carbons (Fsp3) is 0.188. The van der Waals surface area contributed by atoms with E-state index in [0.717, 1.165) is 36.8 Å². The van der Waals surface area contributed by atoms with Gasteiger partial charge in [-0.15, -0.1) is 0 Å². The molecule has 6 nitrogen and oxygen atoms in total. The highest BCUT2D eigenvalue weighted by molar-refractivity contribution is 6.26. The number of hydrogen-bond donors (Lipinski definition) is 0. The van der Waals surface area contributed by atoms with Crippen LogP contribution in [0.4, 0.5) is 5.69 Å². The van der Waals surface area contributed by atoms with Crippen LogP contribution in [0.25, 0.3) is 17.0 Å². The number of pyridine rings is 1. The molecule has 6 rings (SSSR count). The Kier molecular flexibility index (Phi) is 6.08. The molecule has 0 spiro atoms. The Labute approximate surface area is 221 Å². The van der Waals surface area contributed by atoms with Gasteiger partial charge in [0.25, 0.3) is 5.91 Å². The number of ketones is 1. The van der Waals surface area contributed by atoms with Crippen LogP contribution in [0.2, 0.25) is 0 Å². The number of carbonyl (C=O) groups is 3. The van der Waals surface area contributed by atoms with Crippen LogP contribution in [0, 0.1) is 0 Å². The van der Waals surface area contributed by atoms with Crippen LogP contribution in [-0.4, -0.2) is 40.6 Å². The molecule has 3 heterocycles. The standard InChI is InChI=1S/C32H27N3O3/c1-21(36)35-29-10-6-5-9-27(29)31(37)30(35)20-26-13-11-24-19-25(12-14-28(24)33-26)32(38)34-17-15-23(16-18-34)22-7-3-2-4-8-22/h2-14,19-20,23H,15-18H2,1H3/b30-20+. The Balaban J connectivity index is 1.21. The molecule has 0 unspecified atom stereocenters. The van der Waals surface area contributed by atoms with Gasteiger partial charge in [-0.3, -0.25) is 19.3 Å². The molecule has 3 aromatic carbocycles. The fourth-order valence-electron chi connectivity index (χ4n) is 5.52. The first-order valence-electron chi connectivity index (χ1n) is 12.9. The average Bonchev–Trinajstić information content (AvgIpc) is 3.24. The lowest BCUT2D eigenvalue weighted by molar-refractivity contribution is -0.116. The number of aromatic nitrogens is 1. The van der Waals surface area contributed by atoms with E-state index >= 15 is 0 Å². The van der Waals surface area contributed by atoms with E-state index in [1.807, 2.05) is 47.4 Å². The summed E-state index contributed by atoms with van der Waals surface area (Å²) in [4.78, 5) is 46.7. The van der Waals surface area contributed by atoms with Crippen molar-refractivity contribution in [3.8, 4) is 0 Å². The van der Waals surface area contributed by atoms with Gasteiger partial charge in [-0.1, -0.05) is 48.5 Å². The molecule has 1 saturated heterocycles. The van der Waals surface area contributed by atoms with Gasteiger partial charge < -0.3 is 4.90 Å². The van der Waals surface area contributed by atoms with Crippen molar-refractivity contribution in [3.63, 3.8) is 0 Å². The van der Waals surface area contributed by atoms with Crippen molar-refractivity contribution in [2.24, 2.45) is 0 Å². The second-order valence-corrected chi connectivity index (χ2v) is 9.85. The quantitative estimate of drug-likeness (QED) is 0.331. The van der Waals surface area contributed by atoms with Crippen LogP contribution in [0.15, 0.2) is 90.6 Å². The third-order valence-electron chi connectivity index (χ3n) is 7.47. The molecule has 0 radical (unpaired) electrons. The molecule has 0 aliphatic carbocycles. The summed E-state index contributed by atoms with van der Waals surface area (Å²) >= 11 is 0. The maximum absolute atomic E-state index is 13.2. The van der Waals surface area contributed by atoms with E-state index in [4.69, 9.17) is 4.98 Å². The smallest absolute Gasteiger partial charge is 0.253 e. The van der Waals surface area contributed by atoms with Crippen LogP contribution >= 0.6 is 0 Å². The summed E-state index contributed by atoms with van der Waals surface area (Å²) in [6, 6.07) is 26.9. The molecular formula is C32H27N3O3. The van der Waals surface area contributed by atoms with Gasteiger partial charge in [-0.05, 0) is 66.8 Å². The van der Waals surface area contributed by atoms with Gasteiger partial charge in [0.1, 0.15) is 0 Å². The van der Waals surface area contributed by atoms with Crippen molar-refractivity contribution in [2.45, 2.75) is 25.7 Å². The van der Waals surface area contributed by atoms with E-state index in [1.165, 1.54) is 17.4 Å². The molecule has 2 amide bonds. The van der Waals surface area contributed by atoms with Crippen LogP contribution in [-0.2, 0) is 4.79 Å². The number of amides is 2. The number of carbonyl (C=O) groups excluding carboxylic acids is 3. The molecule has 38 heavy (non-hydrogen) atoms. The van der Waals surface area contributed by atoms with Gasteiger partial charge in [0.15, 0.2) is 0 Å². The Bertz CT molecular complexity index is 1600. The number of fused-ring (bicyclic) bond motifs is 2. The van der Waals surface area contributed by atoms with E-state index in [1.54, 1.807) is 24.3 Å². The third kappa shape index (κ3) is 4.28. The van der Waals surface area contributed by atoms with Gasteiger partial charge in [0, 0.05) is 36.5 Å². The van der Waals surface area contributed by atoms with Gasteiger partial charge in [-0.25, -0.2) is 4.98 Å². The van der Waals surface area contributed by atoms with Gasteiger partial charge in [0.05, 0.1) is 22.6 Å². The number of allylic oxidation sites excluding steroid dienone is 1. The molecular weight excluding hydrogens is 474 g/mol. The molecule has 188 valence electrons. The first-order valence-corrected chi connectivity index (χ1v) is 12.9. The summed E-state index contributed by atoms with van der Waals surface area (Å²) in [5, 5.41) is 0.849. The Morgan fingerprint density at radius 3 is 2.39 bits per heavy atom. The molecule has 0 saturated carbocycles. The number of rotatable bonds is 3. The largest absolute Gasteiger partial charge is 0.339 e. The minimum Gasteiger partial charge on any atom is -0.339 e. The van der Waals surface area contributed by atoms with Crippen molar-refractivity contribution in [1.82, 2.24) is 9.88 Å². The average molecular weight is 502 g/mol. The molecule has 1 aromatic heterocycles. The first kappa shape index (κ1) is 23.8. The SMILES string of the molecule is CC(=O)N1/C(=C/c2ccc3cc(C(=O)N4CCC(c5ccccc5)CC4)ccc3n2)C(=O)c2ccccc21. The maximum atomic E-state index is 13.2. The molecule has 2 aliphatic heterocycles. The highest BCUT2D eigenvalue weighted by Crippen LogP contribution is 2.35. The van der Waals surface area contributed by atoms with Crippen molar-refractivity contribution >= 4 is 40.3 Å². The number of para-hydroxylation sites is 1.